The lowest BCUT2D eigenvalue weighted by Gasteiger charge is -2.18. The Labute approximate surface area is 138 Å². The topological polar surface area (TPSA) is 76.9 Å². The predicted octanol–water partition coefficient (Wildman–Crippen LogP) is 3.15. The first-order chi connectivity index (χ1) is 11.1. The third kappa shape index (κ3) is 3.34. The second-order valence-electron chi connectivity index (χ2n) is 5.95. The van der Waals surface area contributed by atoms with Crippen LogP contribution in [0.2, 0.25) is 0 Å². The Kier molecular flexibility index (Phi) is 4.56. The molecule has 1 N–H and O–H groups in total. The lowest BCUT2D eigenvalue weighted by atomic mass is 10.2. The lowest BCUT2D eigenvalue weighted by Crippen LogP contribution is -2.28. The van der Waals surface area contributed by atoms with Crippen molar-refractivity contribution in [2.24, 2.45) is 0 Å². The molecule has 0 aromatic carbocycles. The highest BCUT2D eigenvalue weighted by Gasteiger charge is 2.24. The molecule has 1 aliphatic rings. The molecule has 122 valence electrons. The Morgan fingerprint density at radius 3 is 2.65 bits per heavy atom. The molecule has 0 saturated heterocycles. The van der Waals surface area contributed by atoms with E-state index in [1.54, 1.807) is 18.5 Å². The van der Waals surface area contributed by atoms with Crippen LogP contribution in [0.25, 0.3) is 0 Å². The second kappa shape index (κ2) is 6.62. The van der Waals surface area contributed by atoms with E-state index in [2.05, 4.69) is 20.1 Å². The maximum Gasteiger partial charge on any atom is 0.261 e. The fourth-order valence-electron chi connectivity index (χ4n) is 3.01. The van der Waals surface area contributed by atoms with Crippen molar-refractivity contribution < 1.29 is 9.59 Å². The molecule has 0 radical (unpaired) electrons. The number of thiophene rings is 1. The van der Waals surface area contributed by atoms with Crippen LogP contribution >= 0.6 is 11.3 Å². The number of rotatable bonds is 5. The zero-order valence-electron chi connectivity index (χ0n) is 13.3. The summed E-state index contributed by atoms with van der Waals surface area (Å²) < 4.78 is 2.09. The molecule has 0 spiro atoms. The largest absolute Gasteiger partial charge is 0.342 e. The highest BCUT2D eigenvalue weighted by Crippen LogP contribution is 2.31. The fourth-order valence-corrected chi connectivity index (χ4v) is 3.81. The second-order valence-corrected chi connectivity index (χ2v) is 7.03. The molecule has 2 aromatic heterocycles. The van der Waals surface area contributed by atoms with Gasteiger partial charge >= 0.3 is 0 Å². The Morgan fingerprint density at radius 2 is 2.00 bits per heavy atom. The van der Waals surface area contributed by atoms with Gasteiger partial charge in [-0.2, -0.15) is 0 Å². The number of ketones is 1. The minimum Gasteiger partial charge on any atom is -0.342 e. The number of hydrogen-bond acceptors (Lipinski definition) is 5. The highest BCUT2D eigenvalue weighted by molar-refractivity contribution is 7.15. The minimum atomic E-state index is -0.228. The van der Waals surface area contributed by atoms with Crippen molar-refractivity contribution in [2.45, 2.75) is 51.6 Å². The van der Waals surface area contributed by atoms with Gasteiger partial charge < -0.3 is 9.88 Å². The van der Waals surface area contributed by atoms with Crippen LogP contribution < -0.4 is 5.32 Å². The van der Waals surface area contributed by atoms with E-state index in [1.807, 2.05) is 6.92 Å². The van der Waals surface area contributed by atoms with Crippen LogP contribution in [0.5, 0.6) is 0 Å². The third-order valence-electron chi connectivity index (χ3n) is 4.23. The fraction of sp³-hybridized carbons (Fsp3) is 0.500. The van der Waals surface area contributed by atoms with Gasteiger partial charge in [-0.1, -0.05) is 12.8 Å². The van der Waals surface area contributed by atoms with Gasteiger partial charge in [0.15, 0.2) is 11.6 Å². The van der Waals surface area contributed by atoms with Crippen molar-refractivity contribution in [3.05, 3.63) is 34.0 Å². The van der Waals surface area contributed by atoms with Gasteiger partial charge in [0.05, 0.1) is 15.8 Å². The molecule has 1 aliphatic carbocycles. The van der Waals surface area contributed by atoms with Gasteiger partial charge in [0, 0.05) is 6.04 Å². The minimum absolute atomic E-state index is 0.0249. The molecule has 0 bridgehead atoms. The van der Waals surface area contributed by atoms with Gasteiger partial charge in [-0.25, -0.2) is 0 Å². The number of nitrogens with one attached hydrogen (secondary N) is 1. The van der Waals surface area contributed by atoms with Crippen LogP contribution in [0, 0.1) is 0 Å². The molecule has 1 amide bonds. The maximum atomic E-state index is 12.3. The van der Waals surface area contributed by atoms with Gasteiger partial charge in [0.2, 0.25) is 0 Å². The van der Waals surface area contributed by atoms with Crippen molar-refractivity contribution >= 4 is 23.0 Å². The van der Waals surface area contributed by atoms with Gasteiger partial charge in [0.1, 0.15) is 6.33 Å². The van der Waals surface area contributed by atoms with Gasteiger partial charge in [-0.15, -0.1) is 21.5 Å². The van der Waals surface area contributed by atoms with Crippen LogP contribution in [0.4, 0.5) is 0 Å². The molecule has 2 aromatic rings. The summed E-state index contributed by atoms with van der Waals surface area (Å²) in [6.45, 7) is 3.41. The average molecular weight is 332 g/mol. The van der Waals surface area contributed by atoms with E-state index in [9.17, 15) is 9.59 Å². The van der Waals surface area contributed by atoms with Crippen molar-refractivity contribution in [3.8, 4) is 0 Å². The van der Waals surface area contributed by atoms with E-state index in [-0.39, 0.29) is 17.7 Å². The average Bonchev–Trinajstić information content (AvgIpc) is 3.26. The molecule has 0 unspecified atom stereocenters. The Morgan fingerprint density at radius 1 is 1.30 bits per heavy atom. The standard InChI is InChI=1S/C16H20N4O2S/c1-10(15-19-17-9-20(15)12-5-3-4-6-12)18-16(22)14-8-7-13(23-14)11(2)21/h7-10,12H,3-6H2,1-2H3,(H,18,22)/t10-/m0/s1. The van der Waals surface area contributed by atoms with Crippen LogP contribution in [-0.2, 0) is 0 Å². The van der Waals surface area contributed by atoms with Crippen LogP contribution in [0.15, 0.2) is 18.5 Å². The van der Waals surface area contributed by atoms with E-state index in [0.717, 1.165) is 18.7 Å². The van der Waals surface area contributed by atoms with Crippen LogP contribution in [0.3, 0.4) is 0 Å². The maximum absolute atomic E-state index is 12.3. The summed E-state index contributed by atoms with van der Waals surface area (Å²) in [5.41, 5.74) is 0. The van der Waals surface area contributed by atoms with Gasteiger partial charge in [-0.3, -0.25) is 9.59 Å². The number of carbonyl (C=O) groups is 2. The SMILES string of the molecule is CC(=O)c1ccc(C(=O)N[C@@H](C)c2nncn2C2CCCC2)s1. The molecule has 0 aliphatic heterocycles. The number of hydrogen-bond donors (Lipinski definition) is 1. The normalized spacial score (nSPS) is 16.4. The zero-order chi connectivity index (χ0) is 16.4. The summed E-state index contributed by atoms with van der Waals surface area (Å²) in [6.07, 6.45) is 6.49. The smallest absolute Gasteiger partial charge is 0.261 e. The first kappa shape index (κ1) is 15.9. The summed E-state index contributed by atoms with van der Waals surface area (Å²) in [6, 6.07) is 3.58. The Balaban J connectivity index is 1.71. The van der Waals surface area contributed by atoms with Crippen LogP contribution in [-0.4, -0.2) is 26.5 Å². The number of nitrogens with zero attached hydrogens (tertiary/aromatic N) is 3. The number of aromatic nitrogens is 3. The molecule has 1 fully saturated rings. The Hall–Kier alpha value is -2.02. The van der Waals surface area contributed by atoms with E-state index in [4.69, 9.17) is 0 Å². The van der Waals surface area contributed by atoms with E-state index in [0.29, 0.717) is 15.8 Å². The third-order valence-corrected chi connectivity index (χ3v) is 5.42. The quantitative estimate of drug-likeness (QED) is 0.853. The zero-order valence-corrected chi connectivity index (χ0v) is 14.1. The highest BCUT2D eigenvalue weighted by atomic mass is 32.1. The number of carbonyl (C=O) groups excluding carboxylic acids is 2. The van der Waals surface area contributed by atoms with Gasteiger partial charge in [0.25, 0.3) is 5.91 Å². The summed E-state index contributed by atoms with van der Waals surface area (Å²) in [7, 11) is 0. The molecular weight excluding hydrogens is 312 g/mol. The van der Waals surface area contributed by atoms with Crippen molar-refractivity contribution in [2.75, 3.05) is 0 Å². The molecule has 2 heterocycles. The number of amides is 1. The van der Waals surface area contributed by atoms with E-state index >= 15 is 0 Å². The van der Waals surface area contributed by atoms with E-state index < -0.39 is 0 Å². The molecule has 1 saturated carbocycles. The van der Waals surface area contributed by atoms with Gasteiger partial charge in [-0.05, 0) is 38.8 Å². The van der Waals surface area contributed by atoms with Crippen molar-refractivity contribution in [1.29, 1.82) is 0 Å². The van der Waals surface area contributed by atoms with E-state index in [1.165, 1.54) is 31.1 Å². The van der Waals surface area contributed by atoms with Crippen molar-refractivity contribution in [3.63, 3.8) is 0 Å². The lowest BCUT2D eigenvalue weighted by molar-refractivity contribution is 0.0940. The summed E-state index contributed by atoms with van der Waals surface area (Å²) >= 11 is 1.21. The summed E-state index contributed by atoms with van der Waals surface area (Å²) in [5, 5.41) is 11.2. The van der Waals surface area contributed by atoms with Crippen molar-refractivity contribution in [1.82, 2.24) is 20.1 Å². The first-order valence-electron chi connectivity index (χ1n) is 7.87. The monoisotopic (exact) mass is 332 g/mol. The molecule has 6 nitrogen and oxygen atoms in total. The molecule has 23 heavy (non-hydrogen) atoms. The summed E-state index contributed by atoms with van der Waals surface area (Å²) in [4.78, 5) is 24.8. The molecule has 1 atom stereocenters. The Bertz CT molecular complexity index is 715. The molecule has 3 rings (SSSR count). The molecular formula is C16H20N4O2S. The summed E-state index contributed by atoms with van der Waals surface area (Å²) in [5.74, 6) is 0.577. The number of Topliss-reactive ketones (excluding diaryl/α,β-unsaturated/α-hetero) is 1. The predicted molar refractivity (Wildman–Crippen MR) is 87.7 cm³/mol. The first-order valence-corrected chi connectivity index (χ1v) is 8.69. The molecule has 7 heteroatoms. The van der Waals surface area contributed by atoms with Crippen LogP contribution in [0.1, 0.15) is 76.8 Å².